The lowest BCUT2D eigenvalue weighted by Gasteiger charge is -2.16. The monoisotopic (exact) mass is 322 g/mol. The number of pyridine rings is 1. The molecule has 124 valence electrons. The van der Waals surface area contributed by atoms with Crippen LogP contribution < -0.4 is 0 Å². The lowest BCUT2D eigenvalue weighted by molar-refractivity contribution is 0.141. The number of hydrogen-bond acceptors (Lipinski definition) is 4. The van der Waals surface area contributed by atoms with Gasteiger partial charge in [0.1, 0.15) is 5.82 Å². The van der Waals surface area contributed by atoms with Gasteiger partial charge in [0.25, 0.3) is 0 Å². The van der Waals surface area contributed by atoms with Crippen molar-refractivity contribution < 1.29 is 5.11 Å². The minimum atomic E-state index is -0.294. The Balaban J connectivity index is 1.49. The molecule has 0 bridgehead atoms. The van der Waals surface area contributed by atoms with Crippen molar-refractivity contribution in [2.75, 3.05) is 13.1 Å². The highest BCUT2D eigenvalue weighted by Gasteiger charge is 2.32. The second kappa shape index (κ2) is 6.34. The smallest absolute Gasteiger partial charge is 0.122 e. The van der Waals surface area contributed by atoms with Crippen LogP contribution in [0.4, 0.5) is 0 Å². The van der Waals surface area contributed by atoms with Gasteiger partial charge in [-0.15, -0.1) is 0 Å². The van der Waals surface area contributed by atoms with E-state index in [1.54, 1.807) is 0 Å². The molecule has 0 aliphatic carbocycles. The first-order valence-corrected chi connectivity index (χ1v) is 8.40. The number of rotatable bonds is 4. The standard InChI is InChI=1S/C19H22N4O/c1-22-9-8-21-19(22)13-23-11-15(18(24)12-23)10-14-6-7-20-17-5-3-2-4-16(14)17/h2-9,15,18,24H,10-13H2,1H3/t15-,18+/m1/s1. The Kier molecular flexibility index (Phi) is 4.04. The molecule has 1 aliphatic heterocycles. The van der Waals surface area contributed by atoms with E-state index in [0.29, 0.717) is 6.54 Å². The second-order valence-electron chi connectivity index (χ2n) is 6.67. The van der Waals surface area contributed by atoms with E-state index in [1.807, 2.05) is 48.4 Å². The SMILES string of the molecule is Cn1ccnc1CN1C[C@@H](Cc2ccnc3ccccc23)[C@@H](O)C1. The molecule has 0 saturated carbocycles. The van der Waals surface area contributed by atoms with Gasteiger partial charge in [0.15, 0.2) is 0 Å². The number of fused-ring (bicyclic) bond motifs is 1. The summed E-state index contributed by atoms with van der Waals surface area (Å²) >= 11 is 0. The van der Waals surface area contributed by atoms with Gasteiger partial charge in [-0.3, -0.25) is 9.88 Å². The molecule has 1 N–H and O–H groups in total. The second-order valence-corrected chi connectivity index (χ2v) is 6.67. The molecule has 0 spiro atoms. The van der Waals surface area contributed by atoms with Crippen LogP contribution in [0.25, 0.3) is 10.9 Å². The molecule has 3 heterocycles. The summed E-state index contributed by atoms with van der Waals surface area (Å²) < 4.78 is 2.04. The predicted octanol–water partition coefficient (Wildman–Crippen LogP) is 2.00. The molecule has 5 heteroatoms. The van der Waals surface area contributed by atoms with Crippen molar-refractivity contribution in [1.29, 1.82) is 0 Å². The van der Waals surface area contributed by atoms with Crippen molar-refractivity contribution in [2.45, 2.75) is 19.1 Å². The van der Waals surface area contributed by atoms with Gasteiger partial charge in [-0.1, -0.05) is 18.2 Å². The highest BCUT2D eigenvalue weighted by atomic mass is 16.3. The fourth-order valence-corrected chi connectivity index (χ4v) is 3.64. The average molecular weight is 322 g/mol. The highest BCUT2D eigenvalue weighted by Crippen LogP contribution is 2.26. The molecule has 2 atom stereocenters. The Morgan fingerprint density at radius 1 is 1.12 bits per heavy atom. The fraction of sp³-hybridized carbons (Fsp3) is 0.368. The molecule has 1 fully saturated rings. The summed E-state index contributed by atoms with van der Waals surface area (Å²) in [6.07, 6.45) is 6.23. The molecule has 5 nitrogen and oxygen atoms in total. The van der Waals surface area contributed by atoms with Crippen molar-refractivity contribution in [3.63, 3.8) is 0 Å². The summed E-state index contributed by atoms with van der Waals surface area (Å²) in [5, 5.41) is 11.7. The average Bonchev–Trinajstić information content (AvgIpc) is 3.14. The molecule has 1 aliphatic rings. The maximum Gasteiger partial charge on any atom is 0.122 e. The van der Waals surface area contributed by atoms with Crippen LogP contribution in [0.15, 0.2) is 48.9 Å². The molecule has 0 radical (unpaired) electrons. The molecular weight excluding hydrogens is 300 g/mol. The van der Waals surface area contributed by atoms with Gasteiger partial charge in [0, 0.05) is 50.0 Å². The van der Waals surface area contributed by atoms with E-state index in [4.69, 9.17) is 0 Å². The summed E-state index contributed by atoms with van der Waals surface area (Å²) in [5.74, 6) is 1.29. The van der Waals surface area contributed by atoms with E-state index >= 15 is 0 Å². The zero-order chi connectivity index (χ0) is 16.5. The van der Waals surface area contributed by atoms with Crippen LogP contribution in [-0.4, -0.2) is 43.7 Å². The van der Waals surface area contributed by atoms with E-state index in [1.165, 1.54) is 10.9 Å². The molecule has 3 aromatic rings. The first kappa shape index (κ1) is 15.3. The van der Waals surface area contributed by atoms with Crippen LogP contribution in [-0.2, 0) is 20.0 Å². The van der Waals surface area contributed by atoms with E-state index < -0.39 is 0 Å². The number of benzene rings is 1. The molecular formula is C19H22N4O. The highest BCUT2D eigenvalue weighted by molar-refractivity contribution is 5.81. The molecule has 2 aromatic heterocycles. The fourth-order valence-electron chi connectivity index (χ4n) is 3.64. The third kappa shape index (κ3) is 2.92. The Labute approximate surface area is 141 Å². The summed E-state index contributed by atoms with van der Waals surface area (Å²) in [5.41, 5.74) is 2.29. The van der Waals surface area contributed by atoms with Crippen LogP contribution in [0.2, 0.25) is 0 Å². The van der Waals surface area contributed by atoms with Crippen molar-refractivity contribution in [3.8, 4) is 0 Å². The first-order chi connectivity index (χ1) is 11.7. The van der Waals surface area contributed by atoms with Gasteiger partial charge in [-0.2, -0.15) is 0 Å². The summed E-state index contributed by atoms with van der Waals surface area (Å²) in [6.45, 7) is 2.39. The number of aryl methyl sites for hydroxylation is 1. The van der Waals surface area contributed by atoms with Crippen molar-refractivity contribution in [1.82, 2.24) is 19.4 Å². The Hall–Kier alpha value is -2.24. The minimum absolute atomic E-state index is 0.246. The van der Waals surface area contributed by atoms with Gasteiger partial charge in [-0.25, -0.2) is 4.98 Å². The number of imidazole rings is 1. The van der Waals surface area contributed by atoms with Crippen LogP contribution in [0.3, 0.4) is 0 Å². The van der Waals surface area contributed by atoms with Crippen molar-refractivity contribution in [3.05, 3.63) is 60.3 Å². The number of nitrogens with zero attached hydrogens (tertiary/aromatic N) is 4. The number of aromatic nitrogens is 3. The third-order valence-electron chi connectivity index (χ3n) is 4.99. The van der Waals surface area contributed by atoms with Gasteiger partial charge in [-0.05, 0) is 24.1 Å². The van der Waals surface area contributed by atoms with E-state index in [0.717, 1.165) is 30.9 Å². The summed E-state index contributed by atoms with van der Waals surface area (Å²) in [4.78, 5) is 11.1. The predicted molar refractivity (Wildman–Crippen MR) is 93.4 cm³/mol. The van der Waals surface area contributed by atoms with Gasteiger partial charge in [0.2, 0.25) is 0 Å². The topological polar surface area (TPSA) is 54.2 Å². The van der Waals surface area contributed by atoms with Crippen LogP contribution in [0, 0.1) is 5.92 Å². The van der Waals surface area contributed by atoms with Crippen molar-refractivity contribution >= 4 is 10.9 Å². The number of aliphatic hydroxyl groups is 1. The Bertz CT molecular complexity index is 839. The number of hydrogen-bond donors (Lipinski definition) is 1. The number of β-amino-alcohol motifs (C(OH)–C–C–N with tert-alkyl or cyclic N) is 1. The lowest BCUT2D eigenvalue weighted by atomic mass is 9.94. The molecule has 1 aromatic carbocycles. The summed E-state index contributed by atoms with van der Waals surface area (Å²) in [6, 6.07) is 10.3. The molecule has 4 rings (SSSR count). The van der Waals surface area contributed by atoms with E-state index in [9.17, 15) is 5.11 Å². The maximum absolute atomic E-state index is 10.5. The van der Waals surface area contributed by atoms with Crippen LogP contribution in [0.1, 0.15) is 11.4 Å². The van der Waals surface area contributed by atoms with Crippen LogP contribution in [0.5, 0.6) is 0 Å². The first-order valence-electron chi connectivity index (χ1n) is 8.40. The normalized spacial score (nSPS) is 21.6. The van der Waals surface area contributed by atoms with E-state index in [2.05, 4.69) is 27.0 Å². The molecule has 24 heavy (non-hydrogen) atoms. The Morgan fingerprint density at radius 3 is 2.83 bits per heavy atom. The van der Waals surface area contributed by atoms with Gasteiger partial charge in [0.05, 0.1) is 18.2 Å². The summed E-state index contributed by atoms with van der Waals surface area (Å²) in [7, 11) is 2.01. The zero-order valence-electron chi connectivity index (χ0n) is 13.8. The minimum Gasteiger partial charge on any atom is -0.391 e. The number of aliphatic hydroxyl groups excluding tert-OH is 1. The van der Waals surface area contributed by atoms with Gasteiger partial charge >= 0.3 is 0 Å². The third-order valence-corrected chi connectivity index (χ3v) is 4.99. The zero-order valence-corrected chi connectivity index (χ0v) is 13.8. The Morgan fingerprint density at radius 2 is 2.00 bits per heavy atom. The quantitative estimate of drug-likeness (QED) is 0.798. The molecule has 0 amide bonds. The maximum atomic E-state index is 10.5. The van der Waals surface area contributed by atoms with E-state index in [-0.39, 0.29) is 12.0 Å². The van der Waals surface area contributed by atoms with Gasteiger partial charge < -0.3 is 9.67 Å². The molecule has 0 unspecified atom stereocenters. The largest absolute Gasteiger partial charge is 0.391 e. The molecule has 1 saturated heterocycles. The lowest BCUT2D eigenvalue weighted by Crippen LogP contribution is -2.23. The van der Waals surface area contributed by atoms with Crippen molar-refractivity contribution in [2.24, 2.45) is 13.0 Å². The number of likely N-dealkylation sites (tertiary alicyclic amines) is 1. The van der Waals surface area contributed by atoms with Crippen LogP contribution >= 0.6 is 0 Å². The number of para-hydroxylation sites is 1.